The van der Waals surface area contributed by atoms with Gasteiger partial charge in [0.1, 0.15) is 0 Å². The zero-order valence-corrected chi connectivity index (χ0v) is 7.69. The zero-order chi connectivity index (χ0) is 10.7. The number of nitriles is 1. The van der Waals surface area contributed by atoms with Crippen LogP contribution in [-0.4, -0.2) is 11.1 Å². The molecule has 0 aliphatic carbocycles. The Morgan fingerprint density at radius 2 is 2.29 bits per heavy atom. The van der Waals surface area contributed by atoms with Crippen LogP contribution in [0.5, 0.6) is 0 Å². The van der Waals surface area contributed by atoms with Crippen molar-refractivity contribution in [3.05, 3.63) is 34.9 Å². The van der Waals surface area contributed by atoms with E-state index < -0.39 is 5.97 Å². The Morgan fingerprint density at radius 3 is 2.71 bits per heavy atom. The van der Waals surface area contributed by atoms with Gasteiger partial charge in [0.15, 0.2) is 0 Å². The third-order valence-corrected chi connectivity index (χ3v) is 1.90. The Balaban J connectivity index is 3.33. The maximum atomic E-state index is 10.8. The van der Waals surface area contributed by atoms with E-state index in [-0.39, 0.29) is 11.6 Å². The highest BCUT2D eigenvalue weighted by Crippen LogP contribution is 2.17. The fourth-order valence-electron chi connectivity index (χ4n) is 1.21. The molecule has 1 aromatic rings. The first-order valence-corrected chi connectivity index (χ1v) is 4.09. The molecule has 0 amide bonds. The van der Waals surface area contributed by atoms with Gasteiger partial charge in [-0.15, -0.1) is 0 Å². The average Bonchev–Trinajstić information content (AvgIpc) is 2.16. The Labute approximate surface area is 81.6 Å². The lowest BCUT2D eigenvalue weighted by molar-refractivity contribution is 0.0695. The van der Waals surface area contributed by atoms with E-state index in [1.54, 1.807) is 19.1 Å². The second-order valence-corrected chi connectivity index (χ2v) is 3.01. The Bertz CT molecular complexity index is 405. The molecule has 0 aromatic heterocycles. The van der Waals surface area contributed by atoms with Crippen molar-refractivity contribution in [1.82, 2.24) is 0 Å². The van der Waals surface area contributed by atoms with Crippen LogP contribution in [0.25, 0.3) is 0 Å². The van der Waals surface area contributed by atoms with Gasteiger partial charge in [-0.05, 0) is 24.6 Å². The van der Waals surface area contributed by atoms with Crippen molar-refractivity contribution in [3.8, 4) is 6.07 Å². The van der Waals surface area contributed by atoms with Gasteiger partial charge in [0.25, 0.3) is 0 Å². The molecule has 0 saturated heterocycles. The first-order chi connectivity index (χ1) is 6.56. The molecule has 72 valence electrons. The Morgan fingerprint density at radius 1 is 1.64 bits per heavy atom. The number of nitrogens with zero attached hydrogens (tertiary/aromatic N) is 1. The summed E-state index contributed by atoms with van der Waals surface area (Å²) < 4.78 is 0. The quantitative estimate of drug-likeness (QED) is 0.735. The molecule has 0 aliphatic heterocycles. The van der Waals surface area contributed by atoms with Crippen molar-refractivity contribution in [1.29, 1.82) is 5.26 Å². The van der Waals surface area contributed by atoms with Crippen molar-refractivity contribution in [3.63, 3.8) is 0 Å². The summed E-state index contributed by atoms with van der Waals surface area (Å²) in [6, 6.07) is 6.00. The molecule has 0 heterocycles. The third kappa shape index (κ3) is 1.90. The van der Waals surface area contributed by atoms with E-state index in [4.69, 9.17) is 16.1 Å². The minimum Gasteiger partial charge on any atom is -0.478 e. The van der Waals surface area contributed by atoms with E-state index in [9.17, 15) is 4.79 Å². The van der Waals surface area contributed by atoms with E-state index in [0.29, 0.717) is 11.1 Å². The topological polar surface area (TPSA) is 87.1 Å². The number of aromatic carboxylic acids is 1. The lowest BCUT2D eigenvalue weighted by Crippen LogP contribution is -2.11. The molecule has 0 bridgehead atoms. The van der Waals surface area contributed by atoms with Crippen LogP contribution in [0, 0.1) is 11.3 Å². The predicted octanol–water partition coefficient (Wildman–Crippen LogP) is 1.28. The Hall–Kier alpha value is -1.86. The van der Waals surface area contributed by atoms with Gasteiger partial charge in [-0.1, -0.05) is 6.07 Å². The number of carboxylic acid groups (broad SMARTS) is 1. The van der Waals surface area contributed by atoms with E-state index in [0.717, 1.165) is 0 Å². The number of nitrogens with two attached hydrogens (primary N) is 1. The molecular formula is C10H10N2O2. The first-order valence-electron chi connectivity index (χ1n) is 4.09. The number of benzene rings is 1. The predicted molar refractivity (Wildman–Crippen MR) is 50.7 cm³/mol. The summed E-state index contributed by atoms with van der Waals surface area (Å²) in [4.78, 5) is 10.8. The standard InChI is InChI=1S/C10H10N2O2/c1-6(12)8-3-2-7(5-11)4-9(8)10(13)14/h2-4,6H,12H2,1H3,(H,13,14). The summed E-state index contributed by atoms with van der Waals surface area (Å²) >= 11 is 0. The fourth-order valence-corrected chi connectivity index (χ4v) is 1.21. The fraction of sp³-hybridized carbons (Fsp3) is 0.200. The zero-order valence-electron chi connectivity index (χ0n) is 7.69. The van der Waals surface area contributed by atoms with E-state index >= 15 is 0 Å². The number of carboxylic acids is 1. The average molecular weight is 190 g/mol. The molecule has 4 nitrogen and oxygen atoms in total. The number of carbonyl (C=O) groups is 1. The molecule has 0 radical (unpaired) electrons. The van der Waals surface area contributed by atoms with Crippen LogP contribution in [-0.2, 0) is 0 Å². The summed E-state index contributed by atoms with van der Waals surface area (Å²) in [7, 11) is 0. The molecule has 0 spiro atoms. The van der Waals surface area contributed by atoms with Crippen LogP contribution in [0.4, 0.5) is 0 Å². The highest BCUT2D eigenvalue weighted by molar-refractivity contribution is 5.90. The summed E-state index contributed by atoms with van der Waals surface area (Å²) in [6.07, 6.45) is 0. The van der Waals surface area contributed by atoms with Crippen LogP contribution >= 0.6 is 0 Å². The molecule has 0 fully saturated rings. The molecule has 1 rings (SSSR count). The van der Waals surface area contributed by atoms with Gasteiger partial charge in [-0.3, -0.25) is 0 Å². The highest BCUT2D eigenvalue weighted by Gasteiger charge is 2.13. The second-order valence-electron chi connectivity index (χ2n) is 3.01. The summed E-state index contributed by atoms with van der Waals surface area (Å²) in [5.41, 5.74) is 6.56. The minimum absolute atomic E-state index is 0.0963. The molecule has 1 aromatic carbocycles. The molecule has 4 heteroatoms. The molecule has 0 aliphatic rings. The van der Waals surface area contributed by atoms with Gasteiger partial charge in [0, 0.05) is 6.04 Å². The van der Waals surface area contributed by atoms with Gasteiger partial charge in [-0.25, -0.2) is 4.79 Å². The molecular weight excluding hydrogens is 180 g/mol. The Kier molecular flexibility index (Phi) is 2.85. The molecule has 1 atom stereocenters. The van der Waals surface area contributed by atoms with Gasteiger partial charge in [-0.2, -0.15) is 5.26 Å². The van der Waals surface area contributed by atoms with Gasteiger partial charge < -0.3 is 10.8 Å². The second kappa shape index (κ2) is 3.90. The molecule has 1 unspecified atom stereocenters. The van der Waals surface area contributed by atoms with Crippen molar-refractivity contribution in [2.24, 2.45) is 5.73 Å². The van der Waals surface area contributed by atoms with Gasteiger partial charge >= 0.3 is 5.97 Å². The van der Waals surface area contributed by atoms with E-state index in [1.807, 2.05) is 6.07 Å². The van der Waals surface area contributed by atoms with Crippen molar-refractivity contribution in [2.75, 3.05) is 0 Å². The monoisotopic (exact) mass is 190 g/mol. The van der Waals surface area contributed by atoms with Crippen LogP contribution in [0.1, 0.15) is 34.5 Å². The van der Waals surface area contributed by atoms with Crippen molar-refractivity contribution < 1.29 is 9.90 Å². The number of rotatable bonds is 2. The lowest BCUT2D eigenvalue weighted by Gasteiger charge is -2.09. The van der Waals surface area contributed by atoms with Crippen LogP contribution < -0.4 is 5.73 Å². The molecule has 0 saturated carbocycles. The maximum absolute atomic E-state index is 10.8. The lowest BCUT2D eigenvalue weighted by atomic mass is 10.00. The molecule has 3 N–H and O–H groups in total. The SMILES string of the molecule is CC(N)c1ccc(C#N)cc1C(=O)O. The van der Waals surface area contributed by atoms with Crippen LogP contribution in [0.3, 0.4) is 0 Å². The van der Waals surface area contributed by atoms with Crippen molar-refractivity contribution in [2.45, 2.75) is 13.0 Å². The normalized spacial score (nSPS) is 11.8. The van der Waals surface area contributed by atoms with Gasteiger partial charge in [0.2, 0.25) is 0 Å². The summed E-state index contributed by atoms with van der Waals surface area (Å²) in [5.74, 6) is -1.06. The number of hydrogen-bond acceptors (Lipinski definition) is 3. The summed E-state index contributed by atoms with van der Waals surface area (Å²) in [5, 5.41) is 17.5. The van der Waals surface area contributed by atoms with E-state index in [1.165, 1.54) is 6.07 Å². The number of hydrogen-bond donors (Lipinski definition) is 2. The smallest absolute Gasteiger partial charge is 0.336 e. The van der Waals surface area contributed by atoms with Gasteiger partial charge in [0.05, 0.1) is 17.2 Å². The van der Waals surface area contributed by atoms with Crippen LogP contribution in [0.15, 0.2) is 18.2 Å². The van der Waals surface area contributed by atoms with Crippen molar-refractivity contribution >= 4 is 5.97 Å². The largest absolute Gasteiger partial charge is 0.478 e. The van der Waals surface area contributed by atoms with Crippen LogP contribution in [0.2, 0.25) is 0 Å². The highest BCUT2D eigenvalue weighted by atomic mass is 16.4. The first kappa shape index (κ1) is 10.2. The minimum atomic E-state index is -1.06. The maximum Gasteiger partial charge on any atom is 0.336 e. The molecule has 14 heavy (non-hydrogen) atoms. The third-order valence-electron chi connectivity index (χ3n) is 1.90. The van der Waals surface area contributed by atoms with E-state index in [2.05, 4.69) is 0 Å². The summed E-state index contributed by atoms with van der Waals surface area (Å²) in [6.45, 7) is 1.70.